The first-order valence-corrected chi connectivity index (χ1v) is 3.77. The quantitative estimate of drug-likeness (QED) is 0.511. The van der Waals surface area contributed by atoms with Gasteiger partial charge in [-0.3, -0.25) is 0 Å². The molecule has 0 aromatic carbocycles. The highest BCUT2D eigenvalue weighted by Crippen LogP contribution is 2.19. The van der Waals surface area contributed by atoms with Gasteiger partial charge in [0.2, 0.25) is 0 Å². The standard InChI is InChI=1S/C4H5BrFI/c1-2-3(7)4(5)6/h2,4H,1H3. The van der Waals surface area contributed by atoms with Crippen molar-refractivity contribution in [2.24, 2.45) is 0 Å². The molecule has 0 rings (SSSR count). The summed E-state index contributed by atoms with van der Waals surface area (Å²) >= 11 is 4.69. The van der Waals surface area contributed by atoms with E-state index in [9.17, 15) is 4.39 Å². The molecular formula is C4H5BrFI. The van der Waals surface area contributed by atoms with E-state index < -0.39 is 5.08 Å². The van der Waals surface area contributed by atoms with Gasteiger partial charge in [-0.15, -0.1) is 0 Å². The molecule has 0 saturated carbocycles. The van der Waals surface area contributed by atoms with Gasteiger partial charge < -0.3 is 0 Å². The summed E-state index contributed by atoms with van der Waals surface area (Å²) in [7, 11) is 0. The van der Waals surface area contributed by atoms with Gasteiger partial charge in [-0.05, 0) is 45.4 Å². The van der Waals surface area contributed by atoms with Gasteiger partial charge in [0.05, 0.1) is 0 Å². The number of hydrogen-bond donors (Lipinski definition) is 0. The summed E-state index contributed by atoms with van der Waals surface area (Å²) in [6, 6.07) is 0. The Bertz CT molecular complexity index is 79.8. The van der Waals surface area contributed by atoms with Gasteiger partial charge in [0.15, 0.2) is 5.08 Å². The molecule has 1 unspecified atom stereocenters. The lowest BCUT2D eigenvalue weighted by atomic mass is 10.6. The van der Waals surface area contributed by atoms with Crippen LogP contribution in [0, 0.1) is 0 Å². The average molecular weight is 279 g/mol. The van der Waals surface area contributed by atoms with Gasteiger partial charge in [0.1, 0.15) is 0 Å². The van der Waals surface area contributed by atoms with Crippen molar-refractivity contribution >= 4 is 38.5 Å². The molecule has 42 valence electrons. The first kappa shape index (κ1) is 7.88. The third-order valence-corrected chi connectivity index (χ3v) is 3.00. The molecule has 0 aliphatic heterocycles. The van der Waals surface area contributed by atoms with Crippen molar-refractivity contribution in [3.8, 4) is 0 Å². The molecule has 0 spiro atoms. The van der Waals surface area contributed by atoms with Crippen LogP contribution < -0.4 is 0 Å². The van der Waals surface area contributed by atoms with E-state index in [0.717, 1.165) is 0 Å². The van der Waals surface area contributed by atoms with Gasteiger partial charge in [0, 0.05) is 3.58 Å². The van der Waals surface area contributed by atoms with Crippen LogP contribution in [-0.2, 0) is 0 Å². The molecule has 0 radical (unpaired) electrons. The Kier molecular flexibility index (Phi) is 4.31. The predicted molar refractivity (Wildman–Crippen MR) is 41.6 cm³/mol. The van der Waals surface area contributed by atoms with Crippen LogP contribution in [0.2, 0.25) is 0 Å². The number of hydrogen-bond acceptors (Lipinski definition) is 0. The van der Waals surface area contributed by atoms with Crippen LogP contribution in [-0.4, -0.2) is 5.08 Å². The SMILES string of the molecule is CC=C(I)C(F)Br. The fraction of sp³-hybridized carbons (Fsp3) is 0.500. The fourth-order valence-electron chi connectivity index (χ4n) is 0.126. The second kappa shape index (κ2) is 3.83. The number of rotatable bonds is 1. The van der Waals surface area contributed by atoms with Crippen molar-refractivity contribution in [2.75, 3.05) is 0 Å². The summed E-state index contributed by atoms with van der Waals surface area (Å²) < 4.78 is 12.6. The lowest BCUT2D eigenvalue weighted by Gasteiger charge is -1.91. The normalized spacial score (nSPS) is 16.9. The topological polar surface area (TPSA) is 0 Å². The van der Waals surface area contributed by atoms with Crippen molar-refractivity contribution < 1.29 is 4.39 Å². The second-order valence-electron chi connectivity index (χ2n) is 0.974. The third kappa shape index (κ3) is 3.46. The lowest BCUT2D eigenvalue weighted by molar-refractivity contribution is 0.526. The molecule has 0 bridgehead atoms. The van der Waals surface area contributed by atoms with Crippen molar-refractivity contribution in [2.45, 2.75) is 12.0 Å². The highest BCUT2D eigenvalue weighted by molar-refractivity contribution is 14.1. The Labute approximate surface area is 64.4 Å². The van der Waals surface area contributed by atoms with Gasteiger partial charge in [0.25, 0.3) is 0 Å². The van der Waals surface area contributed by atoms with E-state index >= 15 is 0 Å². The van der Waals surface area contributed by atoms with Crippen molar-refractivity contribution in [1.82, 2.24) is 0 Å². The minimum absolute atomic E-state index is 0.692. The fourth-order valence-corrected chi connectivity index (χ4v) is 0.390. The highest BCUT2D eigenvalue weighted by atomic mass is 127. The Balaban J connectivity index is 3.56. The maximum absolute atomic E-state index is 11.9. The highest BCUT2D eigenvalue weighted by Gasteiger charge is 2.00. The molecule has 0 saturated heterocycles. The molecule has 1 atom stereocenters. The minimum Gasteiger partial charge on any atom is -0.229 e. The zero-order valence-corrected chi connectivity index (χ0v) is 7.53. The van der Waals surface area contributed by atoms with E-state index in [2.05, 4.69) is 15.9 Å². The minimum atomic E-state index is -0.974. The monoisotopic (exact) mass is 278 g/mol. The van der Waals surface area contributed by atoms with Gasteiger partial charge in [-0.2, -0.15) is 0 Å². The van der Waals surface area contributed by atoms with Crippen LogP contribution in [0.4, 0.5) is 4.39 Å². The molecule has 0 aliphatic carbocycles. The summed E-state index contributed by atoms with van der Waals surface area (Å²) in [4.78, 5) is 0. The Hall–Kier alpha value is 0.880. The molecule has 0 aromatic heterocycles. The zero-order chi connectivity index (χ0) is 5.86. The van der Waals surface area contributed by atoms with Crippen LogP contribution in [0.3, 0.4) is 0 Å². The van der Waals surface area contributed by atoms with Crippen LogP contribution in [0.5, 0.6) is 0 Å². The molecule has 0 amide bonds. The smallest absolute Gasteiger partial charge is 0.185 e. The van der Waals surface area contributed by atoms with Gasteiger partial charge >= 0.3 is 0 Å². The molecule has 0 fully saturated rings. The summed E-state index contributed by atoms with van der Waals surface area (Å²) in [5.41, 5.74) is 0. The average Bonchev–Trinajstić information content (AvgIpc) is 1.65. The zero-order valence-electron chi connectivity index (χ0n) is 3.79. The van der Waals surface area contributed by atoms with Crippen molar-refractivity contribution in [3.05, 3.63) is 9.66 Å². The van der Waals surface area contributed by atoms with Crippen LogP contribution >= 0.6 is 38.5 Å². The number of alkyl halides is 2. The van der Waals surface area contributed by atoms with Crippen LogP contribution in [0.25, 0.3) is 0 Å². The summed E-state index contributed by atoms with van der Waals surface area (Å²) in [5, 5.41) is -0.974. The Morgan fingerprint density at radius 3 is 2.43 bits per heavy atom. The van der Waals surface area contributed by atoms with E-state index in [1.807, 2.05) is 22.6 Å². The summed E-state index contributed by atoms with van der Waals surface area (Å²) in [5.74, 6) is 0. The lowest BCUT2D eigenvalue weighted by Crippen LogP contribution is -1.82. The first-order chi connectivity index (χ1) is 3.18. The molecule has 0 nitrogen and oxygen atoms in total. The van der Waals surface area contributed by atoms with E-state index in [4.69, 9.17) is 0 Å². The van der Waals surface area contributed by atoms with Crippen molar-refractivity contribution in [3.63, 3.8) is 0 Å². The molecular weight excluding hydrogens is 274 g/mol. The molecule has 0 heterocycles. The Morgan fingerprint density at radius 1 is 2.00 bits per heavy atom. The molecule has 7 heavy (non-hydrogen) atoms. The predicted octanol–water partition coefficient (Wildman–Crippen LogP) is 3.02. The summed E-state index contributed by atoms with van der Waals surface area (Å²) in [6.45, 7) is 1.80. The third-order valence-electron chi connectivity index (χ3n) is 0.484. The van der Waals surface area contributed by atoms with Crippen LogP contribution in [0.1, 0.15) is 6.92 Å². The van der Waals surface area contributed by atoms with Gasteiger partial charge in [-0.25, -0.2) is 4.39 Å². The van der Waals surface area contributed by atoms with E-state index in [-0.39, 0.29) is 0 Å². The molecule has 3 heteroatoms. The first-order valence-electron chi connectivity index (χ1n) is 1.78. The van der Waals surface area contributed by atoms with E-state index in [1.165, 1.54) is 0 Å². The maximum Gasteiger partial charge on any atom is 0.185 e. The number of allylic oxidation sites excluding steroid dienone is 2. The number of halogens is 3. The molecule has 0 aromatic rings. The Morgan fingerprint density at radius 2 is 2.43 bits per heavy atom. The van der Waals surface area contributed by atoms with E-state index in [1.54, 1.807) is 13.0 Å². The van der Waals surface area contributed by atoms with E-state index in [0.29, 0.717) is 3.58 Å². The largest absolute Gasteiger partial charge is 0.229 e. The van der Waals surface area contributed by atoms with Crippen molar-refractivity contribution in [1.29, 1.82) is 0 Å². The summed E-state index contributed by atoms with van der Waals surface area (Å²) in [6.07, 6.45) is 1.72. The van der Waals surface area contributed by atoms with Gasteiger partial charge in [-0.1, -0.05) is 6.08 Å². The molecule has 0 aliphatic rings. The molecule has 0 N–H and O–H groups in total. The maximum atomic E-state index is 11.9. The van der Waals surface area contributed by atoms with Crippen LogP contribution in [0.15, 0.2) is 9.66 Å². The second-order valence-corrected chi connectivity index (χ2v) is 3.02.